The summed E-state index contributed by atoms with van der Waals surface area (Å²) in [5.74, 6) is -0.00608. The Morgan fingerprint density at radius 2 is 2.00 bits per heavy atom. The zero-order valence-corrected chi connectivity index (χ0v) is 18.4. The van der Waals surface area contributed by atoms with Crippen LogP contribution in [0.2, 0.25) is 0 Å². The SMILES string of the molecule is FC1(c2cc(NC3(Oc4cn(C5CC5)nc4C4CCOCC4)C=CC=CN3)ccn2)COC1. The van der Waals surface area contributed by atoms with Crippen LogP contribution in [0, 0.1) is 0 Å². The topological polar surface area (TPSA) is 82.5 Å². The summed E-state index contributed by atoms with van der Waals surface area (Å²) in [6.45, 7) is 1.53. The van der Waals surface area contributed by atoms with Gasteiger partial charge in [-0.15, -0.1) is 0 Å². The summed E-state index contributed by atoms with van der Waals surface area (Å²) in [6, 6.07) is 3.97. The van der Waals surface area contributed by atoms with Crippen molar-refractivity contribution in [1.29, 1.82) is 0 Å². The van der Waals surface area contributed by atoms with Gasteiger partial charge in [0.05, 0.1) is 31.1 Å². The van der Waals surface area contributed by atoms with E-state index in [9.17, 15) is 4.39 Å². The first-order valence-corrected chi connectivity index (χ1v) is 11.6. The van der Waals surface area contributed by atoms with E-state index in [1.807, 2.05) is 35.3 Å². The molecule has 5 heterocycles. The van der Waals surface area contributed by atoms with Crippen LogP contribution in [0.15, 0.2) is 49.0 Å². The van der Waals surface area contributed by atoms with Gasteiger partial charge in [0.1, 0.15) is 5.69 Å². The van der Waals surface area contributed by atoms with Gasteiger partial charge in [-0.3, -0.25) is 9.67 Å². The molecule has 4 aliphatic rings. The molecule has 2 saturated heterocycles. The maximum Gasteiger partial charge on any atom is 0.280 e. The van der Waals surface area contributed by atoms with Crippen molar-refractivity contribution < 1.29 is 18.6 Å². The van der Waals surface area contributed by atoms with Gasteiger partial charge in [-0.25, -0.2) is 4.39 Å². The zero-order valence-electron chi connectivity index (χ0n) is 18.4. The second-order valence-corrected chi connectivity index (χ2v) is 9.19. The van der Waals surface area contributed by atoms with Crippen molar-refractivity contribution in [3.05, 3.63) is 60.3 Å². The third-order valence-corrected chi connectivity index (χ3v) is 6.57. The Balaban J connectivity index is 1.30. The third-order valence-electron chi connectivity index (χ3n) is 6.57. The molecule has 8 nitrogen and oxygen atoms in total. The molecule has 6 rings (SSSR count). The number of halogens is 1. The first kappa shape index (κ1) is 20.7. The molecule has 0 spiro atoms. The maximum absolute atomic E-state index is 14.9. The Kier molecular flexibility index (Phi) is 5.10. The number of rotatable bonds is 7. The summed E-state index contributed by atoms with van der Waals surface area (Å²) in [4.78, 5) is 4.22. The van der Waals surface area contributed by atoms with Crippen molar-refractivity contribution >= 4 is 5.69 Å². The minimum Gasteiger partial charge on any atom is -0.443 e. The van der Waals surface area contributed by atoms with E-state index in [4.69, 9.17) is 19.3 Å². The Labute approximate surface area is 191 Å². The molecule has 33 heavy (non-hydrogen) atoms. The zero-order chi connectivity index (χ0) is 22.3. The van der Waals surface area contributed by atoms with Crippen molar-refractivity contribution in [1.82, 2.24) is 20.1 Å². The molecule has 3 aliphatic heterocycles. The predicted octanol–water partition coefficient (Wildman–Crippen LogP) is 3.52. The van der Waals surface area contributed by atoms with Gasteiger partial charge in [0.25, 0.3) is 5.85 Å². The first-order chi connectivity index (χ1) is 16.1. The van der Waals surface area contributed by atoms with Crippen LogP contribution in [-0.2, 0) is 15.1 Å². The van der Waals surface area contributed by atoms with Crippen molar-refractivity contribution in [2.24, 2.45) is 0 Å². The highest BCUT2D eigenvalue weighted by Crippen LogP contribution is 2.40. The van der Waals surface area contributed by atoms with Gasteiger partial charge in [0.2, 0.25) is 0 Å². The predicted molar refractivity (Wildman–Crippen MR) is 120 cm³/mol. The quantitative estimate of drug-likeness (QED) is 0.621. The number of hydrogen-bond donors (Lipinski definition) is 2. The first-order valence-electron chi connectivity index (χ1n) is 11.6. The van der Waals surface area contributed by atoms with Crippen LogP contribution in [0.4, 0.5) is 10.1 Å². The third kappa shape index (κ3) is 4.11. The van der Waals surface area contributed by atoms with Crippen LogP contribution in [-0.4, -0.2) is 47.0 Å². The summed E-state index contributed by atoms with van der Waals surface area (Å²) < 4.78 is 34.2. The molecule has 2 aromatic rings. The molecule has 1 aliphatic carbocycles. The van der Waals surface area contributed by atoms with Crippen LogP contribution in [0.5, 0.6) is 5.75 Å². The minimum absolute atomic E-state index is 0.0286. The average Bonchev–Trinajstić information content (AvgIpc) is 3.59. The molecule has 2 aromatic heterocycles. The molecule has 0 amide bonds. The molecule has 0 radical (unpaired) electrons. The van der Waals surface area contributed by atoms with Gasteiger partial charge in [0.15, 0.2) is 11.4 Å². The van der Waals surface area contributed by atoms with E-state index in [1.165, 1.54) is 0 Å². The van der Waals surface area contributed by atoms with Gasteiger partial charge in [-0.1, -0.05) is 6.08 Å². The van der Waals surface area contributed by atoms with Gasteiger partial charge < -0.3 is 24.8 Å². The van der Waals surface area contributed by atoms with Crippen LogP contribution < -0.4 is 15.4 Å². The van der Waals surface area contributed by atoms with E-state index in [0.29, 0.717) is 23.3 Å². The van der Waals surface area contributed by atoms with E-state index in [2.05, 4.69) is 15.6 Å². The van der Waals surface area contributed by atoms with E-state index < -0.39 is 11.5 Å². The number of anilines is 1. The van der Waals surface area contributed by atoms with E-state index in [0.717, 1.165) is 50.3 Å². The van der Waals surface area contributed by atoms with Crippen LogP contribution >= 0.6 is 0 Å². The second kappa shape index (κ2) is 8.14. The molecule has 1 saturated carbocycles. The minimum atomic E-state index is -1.54. The summed E-state index contributed by atoms with van der Waals surface area (Å²) in [5.41, 5.74) is 0.483. The summed E-state index contributed by atoms with van der Waals surface area (Å²) >= 11 is 0. The Morgan fingerprint density at radius 1 is 1.15 bits per heavy atom. The van der Waals surface area contributed by atoms with E-state index in [1.54, 1.807) is 18.3 Å². The van der Waals surface area contributed by atoms with Gasteiger partial charge in [-0.05, 0) is 43.9 Å². The number of alkyl halides is 1. The fraction of sp³-hybridized carbons (Fsp3) is 0.500. The molecule has 0 bridgehead atoms. The maximum atomic E-state index is 14.9. The lowest BCUT2D eigenvalue weighted by Gasteiger charge is -2.36. The molecular weight excluding hydrogens is 425 g/mol. The van der Waals surface area contributed by atoms with E-state index in [-0.39, 0.29) is 13.2 Å². The number of allylic oxidation sites excluding steroid dienone is 2. The molecule has 3 fully saturated rings. The molecule has 0 aromatic carbocycles. The lowest BCUT2D eigenvalue weighted by molar-refractivity contribution is -0.137. The number of ether oxygens (including phenoxy) is 3. The number of hydrogen-bond acceptors (Lipinski definition) is 7. The second-order valence-electron chi connectivity index (χ2n) is 9.19. The van der Waals surface area contributed by atoms with Crippen molar-refractivity contribution in [3.8, 4) is 5.75 Å². The number of dihydropyridines is 1. The molecular formula is C24H28FN5O3. The summed E-state index contributed by atoms with van der Waals surface area (Å²) in [6.07, 6.45) is 15.3. The standard InChI is InChI=1S/C24H28FN5O3/c25-23(15-32-16-23)21-13-18(5-10-26-21)28-24(8-1-2-9-27-24)33-20-14-30(19-3-4-19)29-22(20)17-6-11-31-12-7-17/h1-2,5,8-10,13-14,17,19,27H,3-4,6-7,11-12,15-16H2,(H,26,28). The highest BCUT2D eigenvalue weighted by Gasteiger charge is 2.42. The van der Waals surface area contributed by atoms with Crippen molar-refractivity contribution in [2.75, 3.05) is 31.7 Å². The lowest BCUT2D eigenvalue weighted by Crippen LogP contribution is -2.54. The lowest BCUT2D eigenvalue weighted by atomic mass is 9.96. The van der Waals surface area contributed by atoms with Crippen molar-refractivity contribution in [3.63, 3.8) is 0 Å². The summed E-state index contributed by atoms with van der Waals surface area (Å²) in [5, 5.41) is 11.6. The fourth-order valence-corrected chi connectivity index (χ4v) is 4.45. The molecule has 1 unspecified atom stereocenters. The molecule has 1 atom stereocenters. The normalized spacial score (nSPS) is 26.5. The van der Waals surface area contributed by atoms with Crippen LogP contribution in [0.3, 0.4) is 0 Å². The molecule has 9 heteroatoms. The number of nitrogens with one attached hydrogen (secondary N) is 2. The Morgan fingerprint density at radius 3 is 2.70 bits per heavy atom. The van der Waals surface area contributed by atoms with Crippen LogP contribution in [0.1, 0.15) is 49.0 Å². The highest BCUT2D eigenvalue weighted by molar-refractivity contribution is 5.49. The number of nitrogens with zero attached hydrogens (tertiary/aromatic N) is 3. The van der Waals surface area contributed by atoms with Gasteiger partial charge in [-0.2, -0.15) is 5.10 Å². The number of pyridine rings is 1. The highest BCUT2D eigenvalue weighted by atomic mass is 19.1. The fourth-order valence-electron chi connectivity index (χ4n) is 4.45. The Hall–Kier alpha value is -2.91. The van der Waals surface area contributed by atoms with E-state index >= 15 is 0 Å². The molecule has 174 valence electrons. The van der Waals surface area contributed by atoms with Gasteiger partial charge in [0, 0.05) is 43.3 Å². The largest absolute Gasteiger partial charge is 0.443 e. The summed E-state index contributed by atoms with van der Waals surface area (Å²) in [7, 11) is 0. The van der Waals surface area contributed by atoms with Gasteiger partial charge >= 0.3 is 0 Å². The smallest absolute Gasteiger partial charge is 0.280 e. The van der Waals surface area contributed by atoms with Crippen LogP contribution in [0.25, 0.3) is 0 Å². The monoisotopic (exact) mass is 453 g/mol. The van der Waals surface area contributed by atoms with Crippen molar-refractivity contribution in [2.45, 2.75) is 49.2 Å². The molecule has 2 N–H and O–H groups in total. The average molecular weight is 454 g/mol. The number of aromatic nitrogens is 3. The Bertz CT molecular complexity index is 1070.